The third-order valence-corrected chi connectivity index (χ3v) is 1.59. The summed E-state index contributed by atoms with van der Waals surface area (Å²) in [6.45, 7) is 0. The topological polar surface area (TPSA) is 133 Å². The van der Waals surface area contributed by atoms with E-state index in [1.165, 1.54) is 0 Å². The molecule has 0 aromatic heterocycles. The van der Waals surface area contributed by atoms with Gasteiger partial charge in [0.15, 0.2) is 0 Å². The van der Waals surface area contributed by atoms with E-state index < -0.39 is 33.0 Å². The number of carboxylic acids is 1. The average Bonchev–Trinajstić information content (AvgIpc) is 2.16. The van der Waals surface area contributed by atoms with Gasteiger partial charge in [-0.15, -0.1) is 10.1 Å². The molecule has 0 saturated heterocycles. The summed E-state index contributed by atoms with van der Waals surface area (Å²) in [6.07, 6.45) is 0. The maximum absolute atomic E-state index is 10.7. The molecular formula is C7H5KN2O7. The van der Waals surface area contributed by atoms with E-state index in [4.69, 9.17) is 5.11 Å². The van der Waals surface area contributed by atoms with Crippen LogP contribution in [0.25, 0.3) is 0 Å². The van der Waals surface area contributed by atoms with Gasteiger partial charge in [-0.25, -0.2) is 4.79 Å². The predicted molar refractivity (Wildman–Crippen MR) is 54.8 cm³/mol. The zero-order valence-electron chi connectivity index (χ0n) is 7.52. The first-order chi connectivity index (χ1) is 7.43. The maximum atomic E-state index is 10.7. The van der Waals surface area contributed by atoms with Crippen molar-refractivity contribution in [3.05, 3.63) is 44.0 Å². The molecule has 0 unspecified atom stereocenters. The van der Waals surface area contributed by atoms with Gasteiger partial charge in [-0.1, -0.05) is 6.07 Å². The van der Waals surface area contributed by atoms with Crippen LogP contribution in [-0.4, -0.2) is 72.5 Å². The van der Waals surface area contributed by atoms with Crippen LogP contribution in [0.3, 0.4) is 0 Å². The zero-order valence-corrected chi connectivity index (χ0v) is 7.52. The van der Waals surface area contributed by atoms with Crippen molar-refractivity contribution in [2.75, 3.05) is 0 Å². The standard InChI is InChI=1S/C7H4N2O7.K.H/c10-7(11)4-2-1-3-5(8(12)13)6(4)16-9(14)15;;/h1-3H,(H,10,11);;. The number of carbonyl (C=O) groups is 1. The van der Waals surface area contributed by atoms with E-state index in [0.717, 1.165) is 18.2 Å². The first-order valence-corrected chi connectivity index (χ1v) is 3.76. The summed E-state index contributed by atoms with van der Waals surface area (Å²) in [6, 6.07) is 2.97. The first-order valence-electron chi connectivity index (χ1n) is 3.76. The second-order valence-electron chi connectivity index (χ2n) is 2.53. The van der Waals surface area contributed by atoms with E-state index in [2.05, 4.69) is 4.84 Å². The molecule has 0 aliphatic carbocycles. The number of hydrogen-bond donors (Lipinski definition) is 1. The number of rotatable bonds is 4. The van der Waals surface area contributed by atoms with Crippen LogP contribution in [0.15, 0.2) is 18.2 Å². The van der Waals surface area contributed by atoms with Gasteiger partial charge in [0, 0.05) is 6.07 Å². The van der Waals surface area contributed by atoms with Crippen LogP contribution >= 0.6 is 0 Å². The van der Waals surface area contributed by atoms with Gasteiger partial charge in [0.2, 0.25) is 5.75 Å². The van der Waals surface area contributed by atoms with Gasteiger partial charge >= 0.3 is 57.4 Å². The summed E-state index contributed by atoms with van der Waals surface area (Å²) in [5.41, 5.74) is -1.43. The molecule has 0 fully saturated rings. The molecule has 0 spiro atoms. The molecule has 10 heteroatoms. The second-order valence-corrected chi connectivity index (χ2v) is 2.53. The summed E-state index contributed by atoms with van der Waals surface area (Å²) in [5.74, 6) is -2.45. The van der Waals surface area contributed by atoms with Crippen molar-refractivity contribution < 1.29 is 24.7 Å². The number of para-hydroxylation sites is 1. The van der Waals surface area contributed by atoms with Gasteiger partial charge in [0.05, 0.1) is 10.5 Å². The summed E-state index contributed by atoms with van der Waals surface area (Å²) in [4.78, 5) is 34.2. The molecule has 0 aliphatic rings. The molecule has 0 saturated carbocycles. The van der Waals surface area contributed by atoms with Crippen molar-refractivity contribution in [2.45, 2.75) is 0 Å². The molecule has 0 bridgehead atoms. The number of nitro groups is 1. The van der Waals surface area contributed by atoms with Crippen molar-refractivity contribution in [1.82, 2.24) is 0 Å². The molecule has 0 atom stereocenters. The van der Waals surface area contributed by atoms with Crippen LogP contribution in [0.5, 0.6) is 5.75 Å². The molecule has 0 heterocycles. The quantitative estimate of drug-likeness (QED) is 0.468. The molecule has 0 amide bonds. The van der Waals surface area contributed by atoms with E-state index in [9.17, 15) is 25.0 Å². The number of hydrogen-bond acceptors (Lipinski definition) is 6. The minimum atomic E-state index is -1.56. The van der Waals surface area contributed by atoms with Gasteiger partial charge in [0.25, 0.3) is 10.8 Å². The first kappa shape index (κ1) is 15.9. The Morgan fingerprint density at radius 3 is 2.29 bits per heavy atom. The van der Waals surface area contributed by atoms with E-state index in [0.29, 0.717) is 0 Å². The molecule has 1 rings (SSSR count). The van der Waals surface area contributed by atoms with Gasteiger partial charge in [-0.2, -0.15) is 0 Å². The summed E-state index contributed by atoms with van der Waals surface area (Å²) >= 11 is 0. The fourth-order valence-electron chi connectivity index (χ4n) is 1.01. The Hall–Kier alpha value is -1.07. The fourth-order valence-corrected chi connectivity index (χ4v) is 1.01. The Bertz CT molecular complexity index is 443. The monoisotopic (exact) mass is 268 g/mol. The number of nitrogens with zero attached hydrogens (tertiary/aromatic N) is 2. The Balaban J connectivity index is 0.00000256. The number of nitro benzene ring substituents is 1. The van der Waals surface area contributed by atoms with Crippen LogP contribution in [0, 0.1) is 20.2 Å². The normalized spacial score (nSPS) is 8.94. The van der Waals surface area contributed by atoms with E-state index >= 15 is 0 Å². The molecule has 1 aromatic rings. The Kier molecular flexibility index (Phi) is 6.19. The number of carboxylic acid groups (broad SMARTS) is 1. The summed E-state index contributed by atoms with van der Waals surface area (Å²) < 4.78 is 0. The molecule has 1 N–H and O–H groups in total. The molecular weight excluding hydrogens is 263 g/mol. The van der Waals surface area contributed by atoms with Crippen LogP contribution < -0.4 is 4.84 Å². The zero-order chi connectivity index (χ0) is 12.3. The van der Waals surface area contributed by atoms with Crippen LogP contribution in [0.1, 0.15) is 10.4 Å². The minimum absolute atomic E-state index is 0. The molecule has 17 heavy (non-hydrogen) atoms. The van der Waals surface area contributed by atoms with Crippen LogP contribution in [0.4, 0.5) is 5.69 Å². The van der Waals surface area contributed by atoms with Crippen molar-refractivity contribution in [2.24, 2.45) is 0 Å². The van der Waals surface area contributed by atoms with Crippen LogP contribution in [-0.2, 0) is 0 Å². The van der Waals surface area contributed by atoms with Crippen LogP contribution in [0.2, 0.25) is 0 Å². The Morgan fingerprint density at radius 1 is 1.29 bits per heavy atom. The molecule has 0 aliphatic heterocycles. The third-order valence-electron chi connectivity index (χ3n) is 1.59. The number of aromatic carboxylic acids is 1. The van der Waals surface area contributed by atoms with Gasteiger partial charge < -0.3 is 5.11 Å². The Morgan fingerprint density at radius 2 is 1.88 bits per heavy atom. The molecule has 0 radical (unpaired) electrons. The second kappa shape index (κ2) is 6.61. The SMILES string of the molecule is O=C(O)c1cccc([N+](=O)[O-])c1O[N+](=O)[O-].[KH]. The number of benzene rings is 1. The van der Waals surface area contributed by atoms with Crippen molar-refractivity contribution in [3.63, 3.8) is 0 Å². The fraction of sp³-hybridized carbons (Fsp3) is 0. The third kappa shape index (κ3) is 4.01. The van der Waals surface area contributed by atoms with Crippen molar-refractivity contribution >= 4 is 63.0 Å². The van der Waals surface area contributed by atoms with E-state index in [1.54, 1.807) is 0 Å². The molecule has 9 nitrogen and oxygen atoms in total. The van der Waals surface area contributed by atoms with E-state index in [-0.39, 0.29) is 51.4 Å². The average molecular weight is 268 g/mol. The molecule has 1 aromatic carbocycles. The molecule has 86 valence electrons. The summed E-state index contributed by atoms with van der Waals surface area (Å²) in [5, 5.41) is 27.9. The van der Waals surface area contributed by atoms with Gasteiger partial charge in [-0.05, 0) is 6.07 Å². The van der Waals surface area contributed by atoms with Gasteiger partial charge in [0.1, 0.15) is 0 Å². The van der Waals surface area contributed by atoms with Crippen molar-refractivity contribution in [1.29, 1.82) is 0 Å². The summed E-state index contributed by atoms with van der Waals surface area (Å²) in [7, 11) is 0. The Labute approximate surface area is 136 Å². The van der Waals surface area contributed by atoms with Crippen molar-refractivity contribution in [3.8, 4) is 5.75 Å². The van der Waals surface area contributed by atoms with E-state index in [1.807, 2.05) is 0 Å². The predicted octanol–water partition coefficient (Wildman–Crippen LogP) is 0.215. The van der Waals surface area contributed by atoms with Gasteiger partial charge in [-0.3, -0.25) is 15.0 Å².